The number of dihydropyridines is 1. The number of aromatic nitrogens is 1. The molecule has 7 heteroatoms. The molecule has 1 aromatic carbocycles. The number of hydrogen-bond acceptors (Lipinski definition) is 6. The second-order valence-corrected chi connectivity index (χ2v) is 9.45. The Hall–Kier alpha value is -2.87. The number of nitrogens with zero attached hydrogens (tertiary/aromatic N) is 3. The molecule has 3 unspecified atom stereocenters. The van der Waals surface area contributed by atoms with E-state index in [1.807, 2.05) is 36.7 Å². The minimum Gasteiger partial charge on any atom is -0.392 e. The molecule has 174 valence electrons. The minimum absolute atomic E-state index is 0.0768. The second kappa shape index (κ2) is 9.95. The van der Waals surface area contributed by atoms with Crippen LogP contribution in [0, 0.1) is 5.41 Å². The quantitative estimate of drug-likeness (QED) is 0.461. The summed E-state index contributed by atoms with van der Waals surface area (Å²) in [5.41, 5.74) is 4.56. The average molecular weight is 449 g/mol. The van der Waals surface area contributed by atoms with Crippen LogP contribution in [0.5, 0.6) is 0 Å². The van der Waals surface area contributed by atoms with Crippen LogP contribution in [0.1, 0.15) is 66.3 Å². The third-order valence-electron chi connectivity index (χ3n) is 6.91. The van der Waals surface area contributed by atoms with Gasteiger partial charge in [-0.2, -0.15) is 0 Å². The van der Waals surface area contributed by atoms with Gasteiger partial charge < -0.3 is 5.11 Å². The number of hydrogen-bond donors (Lipinski definition) is 3. The molecule has 0 aliphatic carbocycles. The maximum atomic E-state index is 11.9. The SMILES string of the molecule is CC1(C)C=CC=NC1C1CCCC(c2ccccn2)N1Cc1ccc(C(=O)NO)cc1CO. The minimum atomic E-state index is -0.594. The Morgan fingerprint density at radius 3 is 2.76 bits per heavy atom. The van der Waals surface area contributed by atoms with Crippen LogP contribution in [0.15, 0.2) is 59.7 Å². The Kier molecular flexibility index (Phi) is 7.02. The molecule has 0 saturated carbocycles. The van der Waals surface area contributed by atoms with Crippen molar-refractivity contribution in [2.75, 3.05) is 0 Å². The van der Waals surface area contributed by atoms with Crippen molar-refractivity contribution in [3.8, 4) is 0 Å². The van der Waals surface area contributed by atoms with Crippen LogP contribution >= 0.6 is 0 Å². The summed E-state index contributed by atoms with van der Waals surface area (Å²) < 4.78 is 0. The lowest BCUT2D eigenvalue weighted by Gasteiger charge is -2.48. The number of aliphatic hydroxyl groups excluding tert-OH is 1. The molecule has 1 amide bonds. The van der Waals surface area contributed by atoms with Crippen LogP contribution in [0.4, 0.5) is 0 Å². The number of carbonyl (C=O) groups is 1. The van der Waals surface area contributed by atoms with Gasteiger partial charge in [0, 0.05) is 36.0 Å². The largest absolute Gasteiger partial charge is 0.392 e. The van der Waals surface area contributed by atoms with Crippen LogP contribution in [0.25, 0.3) is 0 Å². The van der Waals surface area contributed by atoms with E-state index in [1.165, 1.54) is 0 Å². The Balaban J connectivity index is 1.73. The second-order valence-electron chi connectivity index (χ2n) is 9.45. The van der Waals surface area contributed by atoms with E-state index in [9.17, 15) is 9.90 Å². The van der Waals surface area contributed by atoms with Crippen molar-refractivity contribution in [2.45, 2.75) is 64.4 Å². The van der Waals surface area contributed by atoms with Crippen LogP contribution < -0.4 is 5.48 Å². The lowest BCUT2D eigenvalue weighted by Crippen LogP contribution is -2.52. The summed E-state index contributed by atoms with van der Waals surface area (Å²) >= 11 is 0. The van der Waals surface area contributed by atoms with Crippen LogP contribution in [-0.4, -0.2) is 44.4 Å². The van der Waals surface area contributed by atoms with Gasteiger partial charge in [0.2, 0.25) is 0 Å². The van der Waals surface area contributed by atoms with Gasteiger partial charge in [-0.15, -0.1) is 0 Å². The fourth-order valence-corrected chi connectivity index (χ4v) is 5.19. The van der Waals surface area contributed by atoms with Crippen LogP contribution in [0.3, 0.4) is 0 Å². The van der Waals surface area contributed by atoms with E-state index in [-0.39, 0.29) is 30.1 Å². The predicted molar refractivity (Wildman–Crippen MR) is 127 cm³/mol. The topological polar surface area (TPSA) is 98.1 Å². The third kappa shape index (κ3) is 4.90. The Morgan fingerprint density at radius 2 is 2.06 bits per heavy atom. The third-order valence-corrected chi connectivity index (χ3v) is 6.91. The summed E-state index contributed by atoms with van der Waals surface area (Å²) in [5.74, 6) is -0.594. The predicted octanol–water partition coefficient (Wildman–Crippen LogP) is 3.82. The van der Waals surface area contributed by atoms with E-state index in [0.29, 0.717) is 17.7 Å². The molecular weight excluding hydrogens is 416 g/mol. The van der Waals surface area contributed by atoms with E-state index in [1.54, 1.807) is 17.6 Å². The lowest BCUT2D eigenvalue weighted by atomic mass is 9.75. The number of nitrogens with one attached hydrogen (secondary N) is 1. The van der Waals surface area contributed by atoms with Crippen LogP contribution in [-0.2, 0) is 13.2 Å². The van der Waals surface area contributed by atoms with Gasteiger partial charge in [0.05, 0.1) is 24.4 Å². The van der Waals surface area contributed by atoms with E-state index in [2.05, 4.69) is 35.9 Å². The molecule has 0 radical (unpaired) electrons. The zero-order valence-corrected chi connectivity index (χ0v) is 19.2. The number of allylic oxidation sites excluding steroid dienone is 1. The number of piperidine rings is 1. The number of benzene rings is 1. The van der Waals surface area contributed by atoms with Crippen molar-refractivity contribution in [1.82, 2.24) is 15.4 Å². The van der Waals surface area contributed by atoms with Crippen molar-refractivity contribution < 1.29 is 15.1 Å². The molecule has 7 nitrogen and oxygen atoms in total. The number of hydroxylamine groups is 1. The zero-order valence-electron chi connectivity index (χ0n) is 19.2. The fraction of sp³-hybridized carbons (Fsp3) is 0.423. The maximum absolute atomic E-state index is 11.9. The Labute approximate surface area is 194 Å². The van der Waals surface area contributed by atoms with E-state index < -0.39 is 5.91 Å². The number of likely N-dealkylation sites (tertiary alicyclic amines) is 1. The Morgan fingerprint density at radius 1 is 1.21 bits per heavy atom. The summed E-state index contributed by atoms with van der Waals surface area (Å²) in [6.07, 6.45) is 11.1. The molecule has 2 aliphatic rings. The molecule has 1 aromatic heterocycles. The van der Waals surface area contributed by atoms with Crippen molar-refractivity contribution in [3.63, 3.8) is 0 Å². The first-order valence-corrected chi connectivity index (χ1v) is 11.5. The molecule has 0 spiro atoms. The zero-order chi connectivity index (χ0) is 23.4. The fourth-order valence-electron chi connectivity index (χ4n) is 5.19. The van der Waals surface area contributed by atoms with Gasteiger partial charge in [-0.3, -0.25) is 24.9 Å². The van der Waals surface area contributed by atoms with Gasteiger partial charge in [-0.25, -0.2) is 5.48 Å². The number of pyridine rings is 1. The summed E-state index contributed by atoms with van der Waals surface area (Å²) in [6.45, 7) is 4.88. The molecule has 33 heavy (non-hydrogen) atoms. The lowest BCUT2D eigenvalue weighted by molar-refractivity contribution is 0.0366. The van der Waals surface area contributed by atoms with Gasteiger partial charge in [0.15, 0.2) is 0 Å². The molecule has 2 aliphatic heterocycles. The molecule has 3 heterocycles. The van der Waals surface area contributed by atoms with Crippen molar-refractivity contribution in [3.05, 3.63) is 77.1 Å². The highest BCUT2D eigenvalue weighted by Crippen LogP contribution is 2.42. The van der Waals surface area contributed by atoms with Crippen molar-refractivity contribution >= 4 is 12.1 Å². The molecule has 4 rings (SSSR count). The molecule has 2 aromatic rings. The first-order valence-electron chi connectivity index (χ1n) is 11.5. The van der Waals surface area contributed by atoms with Gasteiger partial charge in [-0.05, 0) is 60.7 Å². The summed E-state index contributed by atoms with van der Waals surface area (Å²) in [6, 6.07) is 11.7. The first kappa shape index (κ1) is 23.3. The smallest absolute Gasteiger partial charge is 0.274 e. The van der Waals surface area contributed by atoms with E-state index in [4.69, 9.17) is 10.2 Å². The van der Waals surface area contributed by atoms with Gasteiger partial charge in [0.1, 0.15) is 0 Å². The van der Waals surface area contributed by atoms with Gasteiger partial charge in [-0.1, -0.05) is 32.1 Å². The highest BCUT2D eigenvalue weighted by atomic mass is 16.5. The summed E-state index contributed by atoms with van der Waals surface area (Å²) in [7, 11) is 0. The number of carbonyl (C=O) groups excluding carboxylic acids is 1. The van der Waals surface area contributed by atoms with E-state index in [0.717, 1.165) is 30.5 Å². The molecule has 3 atom stereocenters. The Bertz CT molecular complexity index is 1040. The van der Waals surface area contributed by atoms with Crippen molar-refractivity contribution in [2.24, 2.45) is 10.4 Å². The highest BCUT2D eigenvalue weighted by Gasteiger charge is 2.42. The average Bonchev–Trinajstić information content (AvgIpc) is 2.84. The van der Waals surface area contributed by atoms with Gasteiger partial charge >= 0.3 is 0 Å². The van der Waals surface area contributed by atoms with E-state index >= 15 is 0 Å². The van der Waals surface area contributed by atoms with Crippen LogP contribution in [0.2, 0.25) is 0 Å². The molecule has 3 N–H and O–H groups in total. The number of rotatable bonds is 6. The number of amides is 1. The highest BCUT2D eigenvalue weighted by molar-refractivity contribution is 5.93. The first-order chi connectivity index (χ1) is 15.9. The summed E-state index contributed by atoms with van der Waals surface area (Å²) in [5, 5.41) is 19.0. The standard InChI is InChI=1S/C26H32N4O3/c1-26(2)12-6-14-28-24(26)23-9-5-8-22(21-7-3-4-13-27-21)30(23)16-19-11-10-18(25(32)29-33)15-20(19)17-31/h3-4,6-7,10-15,22-24,31,33H,5,8-9,16-17H2,1-2H3,(H,29,32). The molecule has 0 bridgehead atoms. The number of aliphatic imine (C=N–C) groups is 1. The normalized spacial score (nSPS) is 24.5. The molecular formula is C26H32N4O3. The monoisotopic (exact) mass is 448 g/mol. The van der Waals surface area contributed by atoms with Gasteiger partial charge in [0.25, 0.3) is 5.91 Å². The maximum Gasteiger partial charge on any atom is 0.274 e. The molecule has 1 fully saturated rings. The summed E-state index contributed by atoms with van der Waals surface area (Å²) in [4.78, 5) is 23.9. The number of aliphatic hydroxyl groups is 1. The van der Waals surface area contributed by atoms with Crippen molar-refractivity contribution in [1.29, 1.82) is 0 Å². The molecule has 1 saturated heterocycles.